The molecule has 0 unspecified atom stereocenters. The van der Waals surface area contributed by atoms with Crippen molar-refractivity contribution in [3.05, 3.63) is 34.2 Å². The van der Waals surface area contributed by atoms with Gasteiger partial charge in [-0.15, -0.1) is 0 Å². The molecule has 2 fully saturated rings. The van der Waals surface area contributed by atoms with E-state index in [0.29, 0.717) is 17.9 Å². The molecule has 1 aromatic heterocycles. The van der Waals surface area contributed by atoms with Gasteiger partial charge in [0.1, 0.15) is 0 Å². The highest BCUT2D eigenvalue weighted by Crippen LogP contribution is 2.41. The molecule has 4 rings (SSSR count). The van der Waals surface area contributed by atoms with Gasteiger partial charge >= 0.3 is 0 Å². The Hall–Kier alpha value is -1.13. The molecule has 4 atom stereocenters. The van der Waals surface area contributed by atoms with Crippen LogP contribution in [0.15, 0.2) is 23.0 Å². The molecule has 2 saturated heterocycles. The number of aliphatic hydroxyl groups is 1. The summed E-state index contributed by atoms with van der Waals surface area (Å²) < 4.78 is 1.97. The van der Waals surface area contributed by atoms with Crippen molar-refractivity contribution in [1.29, 1.82) is 0 Å². The number of hydrogen-bond donors (Lipinski definition) is 1. The lowest BCUT2D eigenvalue weighted by atomic mass is 9.75. The Morgan fingerprint density at radius 2 is 2.11 bits per heavy atom. The van der Waals surface area contributed by atoms with Crippen molar-refractivity contribution in [3.63, 3.8) is 0 Å². The first-order chi connectivity index (χ1) is 9.22. The molecule has 0 saturated carbocycles. The molecule has 19 heavy (non-hydrogen) atoms. The zero-order valence-electron chi connectivity index (χ0n) is 11.0. The van der Waals surface area contributed by atoms with Crippen LogP contribution in [0.5, 0.6) is 0 Å². The number of aliphatic hydroxyl groups excluding tert-OH is 1. The Balaban J connectivity index is 1.73. The lowest BCUT2D eigenvalue weighted by Crippen LogP contribution is -2.56. The van der Waals surface area contributed by atoms with E-state index in [4.69, 9.17) is 0 Å². The minimum Gasteiger partial charge on any atom is -0.393 e. The highest BCUT2D eigenvalue weighted by Gasteiger charge is 2.43. The monoisotopic (exact) mass is 260 g/mol. The van der Waals surface area contributed by atoms with Gasteiger partial charge in [0.05, 0.1) is 6.10 Å². The summed E-state index contributed by atoms with van der Waals surface area (Å²) in [5, 5.41) is 9.90. The molecule has 4 nitrogen and oxygen atoms in total. The van der Waals surface area contributed by atoms with E-state index >= 15 is 0 Å². The standard InChI is InChI=1S/C15H20N2O2/c18-12-4-5-16-8-10-6-11(14(16)7-12)9-17-13(10)2-1-3-15(17)19/h1-3,10-12,14,18H,4-9H2/t10-,11-,12+,14+/m0/s1. The zero-order chi connectivity index (χ0) is 13.0. The van der Waals surface area contributed by atoms with Crippen LogP contribution in [-0.2, 0) is 6.54 Å². The summed E-state index contributed by atoms with van der Waals surface area (Å²) in [6, 6.07) is 6.14. The van der Waals surface area contributed by atoms with Crippen LogP contribution >= 0.6 is 0 Å². The topological polar surface area (TPSA) is 45.5 Å². The van der Waals surface area contributed by atoms with Crippen molar-refractivity contribution in [3.8, 4) is 0 Å². The van der Waals surface area contributed by atoms with Crippen molar-refractivity contribution < 1.29 is 5.11 Å². The molecule has 1 N–H and O–H groups in total. The minimum atomic E-state index is -0.147. The molecule has 1 aromatic rings. The molecule has 2 bridgehead atoms. The fraction of sp³-hybridized carbons (Fsp3) is 0.667. The second-order valence-corrected chi connectivity index (χ2v) is 6.33. The van der Waals surface area contributed by atoms with Gasteiger partial charge in [-0.3, -0.25) is 9.69 Å². The lowest BCUT2D eigenvalue weighted by molar-refractivity contribution is -0.0247. The molecule has 0 radical (unpaired) electrons. The van der Waals surface area contributed by atoms with Gasteiger partial charge in [-0.25, -0.2) is 0 Å². The van der Waals surface area contributed by atoms with E-state index in [9.17, 15) is 9.90 Å². The van der Waals surface area contributed by atoms with E-state index < -0.39 is 0 Å². The predicted molar refractivity (Wildman–Crippen MR) is 72.2 cm³/mol. The zero-order valence-corrected chi connectivity index (χ0v) is 11.0. The van der Waals surface area contributed by atoms with Gasteiger partial charge in [0.2, 0.25) is 0 Å². The smallest absolute Gasteiger partial charge is 0.250 e. The Kier molecular flexibility index (Phi) is 2.57. The fourth-order valence-corrected chi connectivity index (χ4v) is 4.36. The van der Waals surface area contributed by atoms with Gasteiger partial charge in [-0.2, -0.15) is 0 Å². The van der Waals surface area contributed by atoms with Crippen LogP contribution in [0, 0.1) is 5.92 Å². The summed E-state index contributed by atoms with van der Waals surface area (Å²) in [5.74, 6) is 1.03. The number of aromatic nitrogens is 1. The third-order valence-corrected chi connectivity index (χ3v) is 5.24. The molecular weight excluding hydrogens is 240 g/mol. The van der Waals surface area contributed by atoms with Crippen LogP contribution in [0.4, 0.5) is 0 Å². The summed E-state index contributed by atoms with van der Waals surface area (Å²) in [4.78, 5) is 14.6. The largest absolute Gasteiger partial charge is 0.393 e. The molecule has 102 valence electrons. The molecule has 0 aliphatic carbocycles. The van der Waals surface area contributed by atoms with E-state index in [1.807, 2.05) is 10.6 Å². The van der Waals surface area contributed by atoms with Crippen molar-refractivity contribution in [2.24, 2.45) is 5.92 Å². The normalized spacial score (nSPS) is 37.5. The first-order valence-electron chi connectivity index (χ1n) is 7.34. The number of hydrogen-bond acceptors (Lipinski definition) is 3. The molecule has 3 aliphatic rings. The van der Waals surface area contributed by atoms with Gasteiger partial charge in [0.15, 0.2) is 0 Å². The van der Waals surface area contributed by atoms with Gasteiger partial charge in [0, 0.05) is 43.4 Å². The number of pyridine rings is 1. The quantitative estimate of drug-likeness (QED) is 0.750. The minimum absolute atomic E-state index is 0.136. The fourth-order valence-electron chi connectivity index (χ4n) is 4.36. The molecule has 3 aliphatic heterocycles. The van der Waals surface area contributed by atoms with E-state index in [1.54, 1.807) is 6.07 Å². The number of rotatable bonds is 0. The Labute approximate surface area is 112 Å². The Morgan fingerprint density at radius 1 is 1.21 bits per heavy atom. The van der Waals surface area contributed by atoms with E-state index in [-0.39, 0.29) is 11.7 Å². The molecule has 0 spiro atoms. The van der Waals surface area contributed by atoms with Gasteiger partial charge < -0.3 is 9.67 Å². The van der Waals surface area contributed by atoms with Crippen LogP contribution < -0.4 is 5.56 Å². The van der Waals surface area contributed by atoms with E-state index in [0.717, 1.165) is 32.5 Å². The summed E-state index contributed by atoms with van der Waals surface area (Å²) in [5.41, 5.74) is 1.35. The van der Waals surface area contributed by atoms with E-state index in [2.05, 4.69) is 11.0 Å². The van der Waals surface area contributed by atoms with Crippen LogP contribution in [-0.4, -0.2) is 39.8 Å². The molecule has 4 heterocycles. The third-order valence-electron chi connectivity index (χ3n) is 5.24. The summed E-state index contributed by atoms with van der Waals surface area (Å²) in [6.45, 7) is 2.90. The summed E-state index contributed by atoms with van der Waals surface area (Å²) in [6.07, 6.45) is 2.81. The second-order valence-electron chi connectivity index (χ2n) is 6.33. The van der Waals surface area contributed by atoms with Crippen LogP contribution in [0.2, 0.25) is 0 Å². The van der Waals surface area contributed by atoms with Crippen molar-refractivity contribution >= 4 is 0 Å². The number of fused-ring (bicyclic) bond motifs is 6. The Morgan fingerprint density at radius 3 is 3.00 bits per heavy atom. The van der Waals surface area contributed by atoms with Crippen LogP contribution in [0.3, 0.4) is 0 Å². The molecule has 0 amide bonds. The van der Waals surface area contributed by atoms with Gasteiger partial charge in [-0.05, 0) is 31.2 Å². The van der Waals surface area contributed by atoms with Crippen molar-refractivity contribution in [2.75, 3.05) is 13.1 Å². The molecule has 4 heteroatoms. The van der Waals surface area contributed by atoms with E-state index in [1.165, 1.54) is 12.1 Å². The first-order valence-corrected chi connectivity index (χ1v) is 7.34. The highest BCUT2D eigenvalue weighted by molar-refractivity contribution is 5.18. The maximum absolute atomic E-state index is 12.0. The predicted octanol–water partition coefficient (Wildman–Crippen LogP) is 0.791. The first kappa shape index (κ1) is 11.7. The van der Waals surface area contributed by atoms with Gasteiger partial charge in [0.25, 0.3) is 5.56 Å². The summed E-state index contributed by atoms with van der Waals surface area (Å²) in [7, 11) is 0. The molecule has 0 aromatic carbocycles. The number of nitrogens with zero attached hydrogens (tertiary/aromatic N) is 2. The van der Waals surface area contributed by atoms with Crippen LogP contribution in [0.1, 0.15) is 30.9 Å². The van der Waals surface area contributed by atoms with Crippen LogP contribution in [0.25, 0.3) is 0 Å². The van der Waals surface area contributed by atoms with Crippen molar-refractivity contribution in [2.45, 2.75) is 43.9 Å². The number of piperidine rings is 2. The SMILES string of the molecule is O=c1cccc2n1C[C@@H]1C[C@H]2CN2CC[C@@H](O)C[C@H]12. The second kappa shape index (κ2) is 4.18. The Bertz CT molecular complexity index is 553. The average molecular weight is 260 g/mol. The average Bonchev–Trinajstić information content (AvgIpc) is 2.41. The maximum atomic E-state index is 12.0. The summed E-state index contributed by atoms with van der Waals surface area (Å²) >= 11 is 0. The third kappa shape index (κ3) is 1.77. The highest BCUT2D eigenvalue weighted by atomic mass is 16.3. The van der Waals surface area contributed by atoms with Crippen molar-refractivity contribution in [1.82, 2.24) is 9.47 Å². The lowest BCUT2D eigenvalue weighted by Gasteiger charge is -2.51. The van der Waals surface area contributed by atoms with Gasteiger partial charge in [-0.1, -0.05) is 6.07 Å². The molecular formula is C15H20N2O2. The maximum Gasteiger partial charge on any atom is 0.250 e.